The van der Waals surface area contributed by atoms with Gasteiger partial charge in [0, 0.05) is 58.4 Å². The topological polar surface area (TPSA) is 188 Å². The molecule has 2 aromatic rings. The van der Waals surface area contributed by atoms with E-state index in [0.717, 1.165) is 70.7 Å². The van der Waals surface area contributed by atoms with Gasteiger partial charge in [0.15, 0.2) is 0 Å². The zero-order chi connectivity index (χ0) is 49.0. The van der Waals surface area contributed by atoms with Crippen LogP contribution in [0.25, 0.3) is 0 Å². The summed E-state index contributed by atoms with van der Waals surface area (Å²) in [6, 6.07) is 13.5. The molecule has 0 saturated carbocycles. The minimum absolute atomic E-state index is 0.0348. The maximum absolute atomic E-state index is 13.5. The highest BCUT2D eigenvalue weighted by molar-refractivity contribution is 5.87. The van der Waals surface area contributed by atoms with Crippen molar-refractivity contribution < 1.29 is 37.5 Å². The summed E-state index contributed by atoms with van der Waals surface area (Å²) < 4.78 is 26.3. The molecule has 2 fully saturated rings. The second kappa shape index (κ2) is 32.0. The van der Waals surface area contributed by atoms with Crippen molar-refractivity contribution in [2.45, 2.75) is 169 Å². The molecule has 6 N–H and O–H groups in total. The van der Waals surface area contributed by atoms with Gasteiger partial charge >= 0.3 is 0 Å². The van der Waals surface area contributed by atoms with E-state index in [9.17, 15) is 32.8 Å². The number of piperidine rings is 1. The van der Waals surface area contributed by atoms with Gasteiger partial charge in [-0.25, -0.2) is 8.78 Å². The number of fused-ring (bicyclic) bond motifs is 1. The number of benzene rings is 2. The Bertz CT molecular complexity index is 1720. The summed E-state index contributed by atoms with van der Waals surface area (Å²) in [5.41, 5.74) is 16.3. The van der Waals surface area contributed by atoms with E-state index in [0.29, 0.717) is 44.8 Å². The number of hydrogen-bond acceptors (Lipinski definition) is 8. The predicted molar refractivity (Wildman–Crippen MR) is 255 cm³/mol. The molecule has 0 bridgehead atoms. The average Bonchev–Trinajstić information content (AvgIpc) is 3.87. The third kappa shape index (κ3) is 20.5. The van der Waals surface area contributed by atoms with Gasteiger partial charge in [0.1, 0.15) is 12.3 Å². The van der Waals surface area contributed by atoms with Gasteiger partial charge in [-0.3, -0.25) is 24.0 Å². The number of hydrogen-bond donors (Lipinski definition) is 4. The van der Waals surface area contributed by atoms with E-state index in [1.807, 2.05) is 37.5 Å². The largest absolute Gasteiger partial charge is 0.372 e. The van der Waals surface area contributed by atoms with Crippen LogP contribution in [0, 0.1) is 12.8 Å². The number of aldehydes is 1. The van der Waals surface area contributed by atoms with E-state index in [1.165, 1.54) is 32.7 Å². The Balaban J connectivity index is 0.000000732. The van der Waals surface area contributed by atoms with Crippen LogP contribution in [0.4, 0.5) is 8.78 Å². The van der Waals surface area contributed by atoms with E-state index in [-0.39, 0.29) is 42.9 Å². The van der Waals surface area contributed by atoms with Gasteiger partial charge in [-0.15, -0.1) is 0 Å². The fourth-order valence-electron chi connectivity index (χ4n) is 8.31. The van der Waals surface area contributed by atoms with E-state index >= 15 is 0 Å². The fraction of sp³-hybridized carbons (Fsp3) is 0.640. The van der Waals surface area contributed by atoms with Crippen molar-refractivity contribution in [3.05, 3.63) is 70.3 Å². The average molecular weight is 914 g/mol. The molecule has 15 heteroatoms. The molecule has 0 spiro atoms. The highest BCUT2D eigenvalue weighted by Crippen LogP contribution is 2.33. The van der Waals surface area contributed by atoms with Crippen LogP contribution >= 0.6 is 0 Å². The van der Waals surface area contributed by atoms with Crippen molar-refractivity contribution in [2.24, 2.45) is 17.4 Å². The number of carbonyl (C=O) groups excluding carboxylic acids is 6. The van der Waals surface area contributed by atoms with Crippen LogP contribution in [0.1, 0.15) is 140 Å². The number of primary amides is 1. The number of unbranched alkanes of at least 4 members (excludes halogenated alkanes) is 2. The molecule has 2 saturated heterocycles. The van der Waals surface area contributed by atoms with Crippen LogP contribution in [0.2, 0.25) is 0 Å². The van der Waals surface area contributed by atoms with Crippen molar-refractivity contribution in [3.8, 4) is 0 Å². The first-order valence-electron chi connectivity index (χ1n) is 23.8. The van der Waals surface area contributed by atoms with E-state index < -0.39 is 30.6 Å². The lowest BCUT2D eigenvalue weighted by Gasteiger charge is -2.35. The normalized spacial score (nSPS) is 16.9. The van der Waals surface area contributed by atoms with Gasteiger partial charge in [0.25, 0.3) is 5.92 Å². The molecule has 13 nitrogen and oxygen atoms in total. The lowest BCUT2D eigenvalue weighted by molar-refractivity contribution is -0.138. The van der Waals surface area contributed by atoms with Crippen molar-refractivity contribution >= 4 is 36.3 Å². The van der Waals surface area contributed by atoms with Crippen LogP contribution in [0.15, 0.2) is 42.5 Å². The predicted octanol–water partition coefficient (Wildman–Crippen LogP) is 6.63. The van der Waals surface area contributed by atoms with Gasteiger partial charge in [-0.05, 0) is 120 Å². The molecule has 5 amide bonds. The third-order valence-corrected chi connectivity index (χ3v) is 11.8. The Labute approximate surface area is 388 Å². The Morgan fingerprint density at radius 3 is 2.08 bits per heavy atom. The maximum Gasteiger partial charge on any atom is 0.267 e. The van der Waals surface area contributed by atoms with Crippen LogP contribution in [-0.2, 0) is 54.7 Å². The molecular weight excluding hydrogens is 833 g/mol. The molecule has 0 aromatic heterocycles. The van der Waals surface area contributed by atoms with Crippen molar-refractivity contribution in [2.75, 3.05) is 33.2 Å². The van der Waals surface area contributed by atoms with Crippen molar-refractivity contribution in [1.82, 2.24) is 25.3 Å². The summed E-state index contributed by atoms with van der Waals surface area (Å²) >= 11 is 0. The summed E-state index contributed by atoms with van der Waals surface area (Å²) in [6.45, 7) is 16.3. The first kappa shape index (κ1) is 58.3. The van der Waals surface area contributed by atoms with Gasteiger partial charge in [0.05, 0.1) is 12.6 Å². The van der Waals surface area contributed by atoms with Crippen LogP contribution < -0.4 is 22.1 Å². The quantitative estimate of drug-likeness (QED) is 0.0948. The van der Waals surface area contributed by atoms with Crippen molar-refractivity contribution in [3.63, 3.8) is 0 Å². The minimum atomic E-state index is -2.79. The third-order valence-electron chi connectivity index (χ3n) is 11.8. The summed E-state index contributed by atoms with van der Waals surface area (Å²) in [4.78, 5) is 74.1. The van der Waals surface area contributed by atoms with Gasteiger partial charge in [0.2, 0.25) is 30.0 Å². The molecule has 2 aromatic carbocycles. The summed E-state index contributed by atoms with van der Waals surface area (Å²) in [6.07, 6.45) is 9.63. The highest BCUT2D eigenvalue weighted by atomic mass is 19.3. The van der Waals surface area contributed by atoms with Crippen LogP contribution in [0.5, 0.6) is 0 Å². The number of nitrogens with two attached hydrogens (primary N) is 2. The smallest absolute Gasteiger partial charge is 0.267 e. The molecule has 366 valence electrons. The number of halogens is 2. The van der Waals surface area contributed by atoms with Gasteiger partial charge < -0.3 is 41.6 Å². The molecule has 5 rings (SSSR count). The summed E-state index contributed by atoms with van der Waals surface area (Å²) in [5, 5.41) is 5.83. The molecule has 3 atom stereocenters. The molecule has 3 aliphatic rings. The van der Waals surface area contributed by atoms with Crippen molar-refractivity contribution in [1.29, 1.82) is 0 Å². The molecule has 0 radical (unpaired) electrons. The molecular formula is C50H81F2N7O6. The number of nitrogens with one attached hydrogen (secondary N) is 2. The molecule has 3 aliphatic heterocycles. The number of likely N-dealkylation sites (N-methyl/N-ethyl adjacent to an activating group) is 1. The molecule has 1 unspecified atom stereocenters. The highest BCUT2D eigenvalue weighted by Gasteiger charge is 2.46. The van der Waals surface area contributed by atoms with Crippen LogP contribution in [0.3, 0.4) is 0 Å². The zero-order valence-electron chi connectivity index (χ0n) is 40.6. The molecule has 0 aliphatic carbocycles. The SMILES string of the molecule is CC.CC.CC(=O)N1Cc2cccc(CC3CCN(C(=O)[C@H](CCCCN)NC(=O)CCCCc4ccc(C)cc4)CC3)c2C1.CNC(CCC=O)C(=O)N1CC(F)(F)C[C@H]1C.NC=O. The summed E-state index contributed by atoms with van der Waals surface area (Å²) in [7, 11) is 1.59. The number of likely N-dealkylation sites (tertiary alicyclic amines) is 2. The first-order valence-corrected chi connectivity index (χ1v) is 23.8. The van der Waals surface area contributed by atoms with Gasteiger partial charge in [-0.1, -0.05) is 75.7 Å². The number of aryl methyl sites for hydroxylation is 2. The monoisotopic (exact) mass is 914 g/mol. The number of rotatable bonds is 18. The van der Waals surface area contributed by atoms with E-state index in [1.54, 1.807) is 20.9 Å². The molecule has 3 heterocycles. The zero-order valence-corrected chi connectivity index (χ0v) is 40.6. The number of amides is 5. The number of alkyl halides is 2. The molecule has 65 heavy (non-hydrogen) atoms. The number of carbonyl (C=O) groups is 6. The standard InChI is InChI=1S/C34H48N4O3.C11H18F2N2O2.2C2H6.CH3NO/c1-25-13-15-27(16-14-25)8-3-4-12-33(40)36-32(11-5-6-19-35)34(41)37-20-17-28(18-21-37)22-29-9-7-10-30-23-38(26(2)39)24-31(29)30;1-8-6-11(12,13)7-15(8)10(17)9(14-2)4-3-5-16;2*1-2;2-1-3/h7,9-10,13-16,28,32H,3-6,8,11-12,17-24,35H2,1-2H3,(H,36,40);5,8-9,14H,3-4,6-7H2,1-2H3;2*1-2H3;1H,(H2,2,3)/t32-;8-,9?;;;/m01.../s1. The summed E-state index contributed by atoms with van der Waals surface area (Å²) in [5.74, 6) is -2.50. The van der Waals surface area contributed by atoms with E-state index in [4.69, 9.17) is 10.5 Å². The fourth-order valence-corrected chi connectivity index (χ4v) is 8.31. The van der Waals surface area contributed by atoms with Gasteiger partial charge in [-0.2, -0.15) is 0 Å². The van der Waals surface area contributed by atoms with E-state index in [2.05, 4.69) is 65.8 Å². The lowest BCUT2D eigenvalue weighted by atomic mass is 9.87. The second-order valence-electron chi connectivity index (χ2n) is 16.6. The Hall–Kier alpha value is -4.76. The lowest BCUT2D eigenvalue weighted by Crippen LogP contribution is -2.50. The second-order valence-corrected chi connectivity index (χ2v) is 16.6. The Kier molecular flexibility index (Phi) is 28.7. The maximum atomic E-state index is 13.5. The Morgan fingerprint density at radius 1 is 0.877 bits per heavy atom. The first-order chi connectivity index (χ1) is 31.2. The Morgan fingerprint density at radius 2 is 1.52 bits per heavy atom. The number of nitrogens with zero attached hydrogens (tertiary/aromatic N) is 3. The van der Waals surface area contributed by atoms with Crippen LogP contribution in [-0.4, -0.2) is 108 Å². The minimum Gasteiger partial charge on any atom is -0.372 e.